The monoisotopic (exact) mass is 349 g/mol. The van der Waals surface area contributed by atoms with E-state index in [1.807, 2.05) is 0 Å². The molecule has 0 spiro atoms. The Balaban J connectivity index is 2.47. The number of halogens is 2. The van der Waals surface area contributed by atoms with E-state index in [-0.39, 0.29) is 0 Å². The molecule has 2 aliphatic carbocycles. The van der Waals surface area contributed by atoms with E-state index < -0.39 is 21.5 Å². The van der Waals surface area contributed by atoms with E-state index in [4.69, 9.17) is 17.0 Å². The first-order valence-electron chi connectivity index (χ1n) is 5.73. The van der Waals surface area contributed by atoms with Crippen molar-refractivity contribution in [3.05, 3.63) is 48.6 Å². The summed E-state index contributed by atoms with van der Waals surface area (Å²) in [7, 11) is 14.3. The summed E-state index contributed by atoms with van der Waals surface area (Å²) in [6, 6.07) is 0. The molecule has 0 aliphatic heterocycles. The topological polar surface area (TPSA) is 0 Å². The van der Waals surface area contributed by atoms with Gasteiger partial charge in [0, 0.05) is 0 Å². The summed E-state index contributed by atoms with van der Waals surface area (Å²) in [6.45, 7) is 4.62. The average molecular weight is 351 g/mol. The van der Waals surface area contributed by atoms with E-state index in [0.717, 1.165) is 0 Å². The van der Waals surface area contributed by atoms with Crippen LogP contribution in [0, 0.1) is 0 Å². The fraction of sp³-hybridized carbons (Fsp3) is 0.333. The standard InChI is InChI=1S/2C5H5.C2H7Si.2ClH.Zr/c2*1-2-4-5-3-1;1-3-2;;;/h2*1-5H;3H,1-2H3;2*1H;/q;;;;;+2/p-2. The summed E-state index contributed by atoms with van der Waals surface area (Å²) >= 11 is -3.71. The van der Waals surface area contributed by atoms with E-state index in [2.05, 4.69) is 61.7 Å². The van der Waals surface area contributed by atoms with Crippen LogP contribution in [0.5, 0.6) is 0 Å². The predicted octanol–water partition coefficient (Wildman–Crippen LogP) is 4.80. The molecule has 4 heteroatoms. The van der Waals surface area contributed by atoms with E-state index in [9.17, 15) is 0 Å². The predicted molar refractivity (Wildman–Crippen MR) is 74.6 cm³/mol. The van der Waals surface area contributed by atoms with Crippen molar-refractivity contribution in [2.24, 2.45) is 0 Å². The van der Waals surface area contributed by atoms with Crippen LogP contribution in [-0.4, -0.2) is 5.92 Å². The zero-order valence-electron chi connectivity index (χ0n) is 9.61. The maximum atomic E-state index is 7.17. The van der Waals surface area contributed by atoms with Crippen LogP contribution in [0.25, 0.3) is 0 Å². The van der Waals surface area contributed by atoms with Crippen LogP contribution >= 0.6 is 17.0 Å². The van der Waals surface area contributed by atoms with Crippen molar-refractivity contribution >= 4 is 22.9 Å². The Kier molecular flexibility index (Phi) is 3.59. The first-order valence-corrected chi connectivity index (χ1v) is 22.0. The second-order valence-electron chi connectivity index (χ2n) is 4.97. The third-order valence-electron chi connectivity index (χ3n) is 3.87. The molecule has 0 atom stereocenters. The Morgan fingerprint density at radius 1 is 0.812 bits per heavy atom. The summed E-state index contributed by atoms with van der Waals surface area (Å²) in [5.41, 5.74) is 0. The summed E-state index contributed by atoms with van der Waals surface area (Å²) in [5.74, 6) is -1.09. The normalized spacial score (nSPS) is 23.4. The molecule has 16 heavy (non-hydrogen) atoms. The summed E-state index contributed by atoms with van der Waals surface area (Å²) < 4.78 is 0.655. The van der Waals surface area contributed by atoms with Crippen molar-refractivity contribution in [2.75, 3.05) is 0 Å². The van der Waals surface area contributed by atoms with E-state index >= 15 is 0 Å². The first-order chi connectivity index (χ1) is 7.46. The second-order valence-corrected chi connectivity index (χ2v) is 47.9. The fourth-order valence-electron chi connectivity index (χ4n) is 2.59. The van der Waals surface area contributed by atoms with Gasteiger partial charge in [-0.05, 0) is 0 Å². The maximum absolute atomic E-state index is 7.17. The molecular weight excluding hydrogens is 334 g/mol. The Labute approximate surface area is 107 Å². The van der Waals surface area contributed by atoms with Crippen LogP contribution in [0.15, 0.2) is 48.6 Å². The molecule has 0 fully saturated rings. The van der Waals surface area contributed by atoms with Crippen molar-refractivity contribution in [1.29, 1.82) is 0 Å². The molecule has 0 amide bonds. The summed E-state index contributed by atoms with van der Waals surface area (Å²) in [6.07, 6.45) is 17.2. The van der Waals surface area contributed by atoms with Crippen LogP contribution in [0.3, 0.4) is 0 Å². The van der Waals surface area contributed by atoms with Gasteiger partial charge in [0.05, 0.1) is 0 Å². The van der Waals surface area contributed by atoms with Gasteiger partial charge >= 0.3 is 107 Å². The minimum atomic E-state index is -3.71. The van der Waals surface area contributed by atoms with Gasteiger partial charge in [-0.1, -0.05) is 0 Å². The average Bonchev–Trinajstić information content (AvgIpc) is 2.92. The Morgan fingerprint density at radius 3 is 1.38 bits per heavy atom. The molecule has 0 N–H and O–H groups in total. The van der Waals surface area contributed by atoms with Crippen molar-refractivity contribution in [3.63, 3.8) is 0 Å². The van der Waals surface area contributed by atoms with Crippen LogP contribution in [0.4, 0.5) is 0 Å². The molecule has 0 aromatic rings. The first kappa shape index (κ1) is 13.1. The molecule has 0 aromatic heterocycles. The Hall–Kier alpha value is 0.640. The number of hydrogen-bond donors (Lipinski definition) is 0. The summed E-state index contributed by atoms with van der Waals surface area (Å²) in [4.78, 5) is 0. The van der Waals surface area contributed by atoms with Crippen molar-refractivity contribution < 1.29 is 15.6 Å². The molecule has 0 saturated carbocycles. The van der Waals surface area contributed by atoms with Gasteiger partial charge in [-0.15, -0.1) is 0 Å². The Bertz CT molecular complexity index is 351. The molecular formula is C12H17Cl2SiZr. The van der Waals surface area contributed by atoms with Crippen LogP contribution < -0.4 is 0 Å². The molecule has 87 valence electrons. The van der Waals surface area contributed by atoms with Gasteiger partial charge in [0.25, 0.3) is 0 Å². The summed E-state index contributed by atoms with van der Waals surface area (Å²) in [5, 5.41) is 0. The second kappa shape index (κ2) is 4.39. The van der Waals surface area contributed by atoms with Crippen molar-refractivity contribution in [3.8, 4) is 0 Å². The van der Waals surface area contributed by atoms with Crippen LogP contribution in [0.2, 0.25) is 20.3 Å². The number of allylic oxidation sites excluding steroid dienone is 8. The van der Waals surface area contributed by atoms with Gasteiger partial charge in [0.15, 0.2) is 0 Å². The van der Waals surface area contributed by atoms with Crippen molar-refractivity contribution in [2.45, 2.75) is 20.3 Å². The molecule has 0 radical (unpaired) electrons. The van der Waals surface area contributed by atoms with E-state index in [1.165, 1.54) is 0 Å². The third-order valence-corrected chi connectivity index (χ3v) is 56.5. The molecule has 2 rings (SSSR count). The molecule has 0 unspecified atom stereocenters. The van der Waals surface area contributed by atoms with Gasteiger partial charge in [-0.25, -0.2) is 0 Å². The van der Waals surface area contributed by atoms with Gasteiger partial charge in [-0.2, -0.15) is 0 Å². The number of hydrogen-bond acceptors (Lipinski definition) is 0. The van der Waals surface area contributed by atoms with Gasteiger partial charge in [-0.3, -0.25) is 0 Å². The van der Waals surface area contributed by atoms with E-state index in [0.29, 0.717) is 7.25 Å². The zero-order valence-corrected chi connectivity index (χ0v) is 14.7. The Morgan fingerprint density at radius 2 is 1.12 bits per heavy atom. The number of rotatable bonds is 3. The van der Waals surface area contributed by atoms with Gasteiger partial charge < -0.3 is 0 Å². The SMILES string of the molecule is C[SiH](C)[Zr]([Cl])([Cl])([CH]1C=CC=C1)[CH]1C=CC=C1. The molecule has 0 bridgehead atoms. The van der Waals surface area contributed by atoms with Crippen LogP contribution in [0.1, 0.15) is 0 Å². The van der Waals surface area contributed by atoms with Crippen molar-refractivity contribution in [1.82, 2.24) is 0 Å². The van der Waals surface area contributed by atoms with E-state index in [1.54, 1.807) is 0 Å². The van der Waals surface area contributed by atoms with Gasteiger partial charge in [0.2, 0.25) is 0 Å². The molecule has 2 aliphatic rings. The van der Waals surface area contributed by atoms with Gasteiger partial charge in [0.1, 0.15) is 0 Å². The fourth-order valence-corrected chi connectivity index (χ4v) is 27.4. The zero-order chi connectivity index (χ0) is 11.8. The minimum absolute atomic E-state index is 0.328. The molecule has 0 aromatic carbocycles. The molecule has 0 heterocycles. The third kappa shape index (κ3) is 1.82. The quantitative estimate of drug-likeness (QED) is 0.641. The molecule has 0 nitrogen and oxygen atoms in total. The van der Waals surface area contributed by atoms with Crippen LogP contribution in [-0.2, 0) is 15.6 Å². The molecule has 0 saturated heterocycles.